The van der Waals surface area contributed by atoms with E-state index in [2.05, 4.69) is 84.9 Å². The molecule has 5 aromatic carbocycles. The molecule has 0 fully saturated rings. The van der Waals surface area contributed by atoms with Gasteiger partial charge in [-0.05, 0) is 75.5 Å². The van der Waals surface area contributed by atoms with Gasteiger partial charge in [0.2, 0.25) is 0 Å². The topological polar surface area (TPSA) is 60.5 Å². The second-order valence-electron chi connectivity index (χ2n) is 8.36. The van der Waals surface area contributed by atoms with E-state index in [9.17, 15) is 10.5 Å². The van der Waals surface area contributed by atoms with Crippen LogP contribution in [0.1, 0.15) is 11.1 Å². The van der Waals surface area contributed by atoms with Gasteiger partial charge < -0.3 is 0 Å². The Morgan fingerprint density at radius 3 is 2.00 bits per heavy atom. The first-order valence-corrected chi connectivity index (χ1v) is 12.0. The molecule has 0 aliphatic rings. The van der Waals surface area contributed by atoms with E-state index in [1.807, 2.05) is 24.3 Å². The molecular weight excluding hydrogens is 446 g/mol. The molecule has 0 saturated carbocycles. The maximum absolute atomic E-state index is 9.66. The summed E-state index contributed by atoms with van der Waals surface area (Å²) in [5, 5.41) is 22.1. The summed E-state index contributed by atoms with van der Waals surface area (Å²) in [6.07, 6.45) is 0. The van der Waals surface area contributed by atoms with Gasteiger partial charge in [-0.25, -0.2) is 4.98 Å². The highest BCUT2D eigenvalue weighted by Crippen LogP contribution is 2.35. The molecule has 1 heterocycles. The van der Waals surface area contributed by atoms with Crippen LogP contribution in [-0.2, 0) is 0 Å². The van der Waals surface area contributed by atoms with Crippen molar-refractivity contribution >= 4 is 32.3 Å². The van der Waals surface area contributed by atoms with E-state index in [4.69, 9.17) is 4.98 Å². The number of hydrogen-bond donors (Lipinski definition) is 0. The second kappa shape index (κ2) is 8.54. The smallest absolute Gasteiger partial charge is 0.124 e. The Hall–Kier alpha value is -4.77. The summed E-state index contributed by atoms with van der Waals surface area (Å²) in [5.74, 6) is 0. The molecule has 3 nitrogen and oxygen atoms in total. The van der Waals surface area contributed by atoms with Crippen LogP contribution >= 0.6 is 11.3 Å². The fourth-order valence-corrected chi connectivity index (χ4v) is 5.32. The quantitative estimate of drug-likeness (QED) is 0.266. The van der Waals surface area contributed by atoms with Crippen molar-refractivity contribution in [2.45, 2.75) is 0 Å². The molecule has 6 aromatic rings. The molecule has 0 amide bonds. The highest BCUT2D eigenvalue weighted by atomic mass is 32.1. The lowest BCUT2D eigenvalue weighted by Crippen LogP contribution is -1.86. The van der Waals surface area contributed by atoms with E-state index in [1.54, 1.807) is 6.07 Å². The van der Waals surface area contributed by atoms with Crippen molar-refractivity contribution < 1.29 is 0 Å². The standard InChI is InChI=1S/C31H17N3S/c32-18-20-5-12-29-30(15-20)35-31(34-29)28-14-21(19-33)13-27(17-28)24-8-6-23(7-9-24)26-11-10-22-3-1-2-4-25(22)16-26/h1-17H. The number of benzene rings is 5. The van der Waals surface area contributed by atoms with Crippen molar-refractivity contribution in [2.75, 3.05) is 0 Å². The third-order valence-electron chi connectivity index (χ3n) is 6.13. The number of nitrogens with zero attached hydrogens (tertiary/aromatic N) is 3. The van der Waals surface area contributed by atoms with Gasteiger partial charge in [0, 0.05) is 5.56 Å². The fraction of sp³-hybridized carbons (Fsp3) is 0. The molecule has 0 spiro atoms. The summed E-state index contributed by atoms with van der Waals surface area (Å²) in [6.45, 7) is 0. The lowest BCUT2D eigenvalue weighted by molar-refractivity contribution is 1.44. The summed E-state index contributed by atoms with van der Waals surface area (Å²) in [5.41, 5.74) is 7.30. The zero-order valence-corrected chi connectivity index (χ0v) is 19.4. The SMILES string of the molecule is N#Cc1cc(-c2ccc(-c3ccc4ccccc4c3)cc2)cc(-c2nc3ccc(C#N)cc3s2)c1. The highest BCUT2D eigenvalue weighted by Gasteiger charge is 2.11. The monoisotopic (exact) mass is 463 g/mol. The molecule has 0 bridgehead atoms. The van der Waals surface area contributed by atoms with Gasteiger partial charge in [-0.2, -0.15) is 10.5 Å². The molecule has 162 valence electrons. The largest absolute Gasteiger partial charge is 0.236 e. The molecule has 1 aromatic heterocycles. The van der Waals surface area contributed by atoms with Crippen molar-refractivity contribution in [3.8, 4) is 45.0 Å². The first-order chi connectivity index (χ1) is 17.2. The van der Waals surface area contributed by atoms with Crippen LogP contribution in [-0.4, -0.2) is 4.98 Å². The van der Waals surface area contributed by atoms with Crippen LogP contribution in [0.25, 0.3) is 53.8 Å². The number of hydrogen-bond acceptors (Lipinski definition) is 4. The molecule has 0 saturated heterocycles. The van der Waals surface area contributed by atoms with Crippen LogP contribution in [0.15, 0.2) is 103 Å². The molecule has 35 heavy (non-hydrogen) atoms. The van der Waals surface area contributed by atoms with Crippen molar-refractivity contribution in [2.24, 2.45) is 0 Å². The summed E-state index contributed by atoms with van der Waals surface area (Å²) in [4.78, 5) is 4.75. The third-order valence-corrected chi connectivity index (χ3v) is 7.19. The highest BCUT2D eigenvalue weighted by molar-refractivity contribution is 7.21. The molecule has 0 aliphatic heterocycles. The second-order valence-corrected chi connectivity index (χ2v) is 9.39. The van der Waals surface area contributed by atoms with Crippen molar-refractivity contribution in [3.05, 3.63) is 114 Å². The number of rotatable bonds is 3. The van der Waals surface area contributed by atoms with Crippen LogP contribution in [0.2, 0.25) is 0 Å². The average Bonchev–Trinajstić information content (AvgIpc) is 3.36. The Labute approximate surface area is 206 Å². The molecule has 0 unspecified atom stereocenters. The van der Waals surface area contributed by atoms with Crippen molar-refractivity contribution in [1.29, 1.82) is 10.5 Å². The fourth-order valence-electron chi connectivity index (χ4n) is 4.32. The maximum atomic E-state index is 9.66. The number of aromatic nitrogens is 1. The predicted molar refractivity (Wildman–Crippen MR) is 143 cm³/mol. The van der Waals surface area contributed by atoms with Gasteiger partial charge in [-0.3, -0.25) is 0 Å². The van der Waals surface area contributed by atoms with E-state index >= 15 is 0 Å². The number of fused-ring (bicyclic) bond motifs is 2. The van der Waals surface area contributed by atoms with Crippen LogP contribution in [0.5, 0.6) is 0 Å². The summed E-state index contributed by atoms with van der Waals surface area (Å²) in [7, 11) is 0. The van der Waals surface area contributed by atoms with E-state index in [-0.39, 0.29) is 0 Å². The summed E-state index contributed by atoms with van der Waals surface area (Å²) < 4.78 is 0.961. The Morgan fingerprint density at radius 1 is 0.543 bits per heavy atom. The molecule has 0 N–H and O–H groups in total. The van der Waals surface area contributed by atoms with E-state index in [0.717, 1.165) is 37.5 Å². The van der Waals surface area contributed by atoms with E-state index < -0.39 is 0 Å². The first kappa shape index (κ1) is 20.8. The summed E-state index contributed by atoms with van der Waals surface area (Å²) in [6, 6.07) is 39.2. The van der Waals surface area contributed by atoms with Gasteiger partial charge in [0.1, 0.15) is 5.01 Å². The first-order valence-electron chi connectivity index (χ1n) is 11.2. The Bertz CT molecular complexity index is 1820. The van der Waals surface area contributed by atoms with Gasteiger partial charge in [-0.1, -0.05) is 60.7 Å². The van der Waals surface area contributed by atoms with Gasteiger partial charge in [0.25, 0.3) is 0 Å². The zero-order chi connectivity index (χ0) is 23.8. The van der Waals surface area contributed by atoms with Crippen LogP contribution in [0.4, 0.5) is 0 Å². The van der Waals surface area contributed by atoms with Crippen LogP contribution in [0, 0.1) is 22.7 Å². The molecule has 6 rings (SSSR count). The summed E-state index contributed by atoms with van der Waals surface area (Å²) >= 11 is 1.53. The Balaban J connectivity index is 1.38. The third kappa shape index (κ3) is 3.93. The van der Waals surface area contributed by atoms with Gasteiger partial charge in [0.05, 0.1) is 33.5 Å². The Kier molecular flexibility index (Phi) is 5.08. The number of nitriles is 2. The lowest BCUT2D eigenvalue weighted by Gasteiger charge is -2.08. The van der Waals surface area contributed by atoms with Crippen molar-refractivity contribution in [1.82, 2.24) is 4.98 Å². The molecule has 4 heteroatoms. The van der Waals surface area contributed by atoms with Gasteiger partial charge >= 0.3 is 0 Å². The maximum Gasteiger partial charge on any atom is 0.124 e. The molecule has 0 radical (unpaired) electrons. The van der Waals surface area contributed by atoms with Crippen LogP contribution < -0.4 is 0 Å². The van der Waals surface area contributed by atoms with Crippen molar-refractivity contribution in [3.63, 3.8) is 0 Å². The molecule has 0 atom stereocenters. The predicted octanol–water partition coefficient (Wildman–Crippen LogP) is 8.19. The minimum atomic E-state index is 0.591. The Morgan fingerprint density at radius 2 is 1.23 bits per heavy atom. The lowest BCUT2D eigenvalue weighted by atomic mass is 9.96. The van der Waals surface area contributed by atoms with Gasteiger partial charge in [0.15, 0.2) is 0 Å². The average molecular weight is 464 g/mol. The molecular formula is C31H17N3S. The number of thiazole rings is 1. The minimum Gasteiger partial charge on any atom is -0.236 e. The molecule has 0 aliphatic carbocycles. The van der Waals surface area contributed by atoms with E-state index in [1.165, 1.54) is 27.7 Å². The normalized spacial score (nSPS) is 10.8. The minimum absolute atomic E-state index is 0.591. The van der Waals surface area contributed by atoms with E-state index in [0.29, 0.717) is 11.1 Å². The van der Waals surface area contributed by atoms with Crippen LogP contribution in [0.3, 0.4) is 0 Å². The zero-order valence-electron chi connectivity index (χ0n) is 18.6. The van der Waals surface area contributed by atoms with Gasteiger partial charge in [-0.15, -0.1) is 11.3 Å².